The largest absolute Gasteiger partial charge is 0.349 e. The van der Waals surface area contributed by atoms with E-state index in [1.165, 1.54) is 51.4 Å². The van der Waals surface area contributed by atoms with Crippen molar-refractivity contribution in [2.75, 3.05) is 13.7 Å². The zero-order valence-corrected chi connectivity index (χ0v) is 20.6. The fraction of sp³-hybridized carbons (Fsp3) is 0.929. The van der Waals surface area contributed by atoms with Gasteiger partial charge in [-0.15, -0.1) is 0 Å². The predicted molar refractivity (Wildman–Crippen MR) is 125 cm³/mol. The number of nitrogens with one attached hydrogen (secondary N) is 1. The molecule has 6 aliphatic rings. The van der Waals surface area contributed by atoms with Crippen molar-refractivity contribution in [3.05, 3.63) is 11.6 Å². The van der Waals surface area contributed by atoms with Crippen LogP contribution >= 0.6 is 0 Å². The van der Waals surface area contributed by atoms with Crippen LogP contribution in [0.5, 0.6) is 0 Å². The maximum Gasteiger partial charge on any atom is 0.171 e. The molecule has 2 aliphatic heterocycles. The molecule has 2 heterocycles. The molecule has 0 aromatic heterocycles. The summed E-state index contributed by atoms with van der Waals surface area (Å²) in [7, 11) is 2.15. The highest BCUT2D eigenvalue weighted by Gasteiger charge is 2.68. The molecule has 3 nitrogen and oxygen atoms in total. The van der Waals surface area contributed by atoms with Crippen LogP contribution in [0, 0.1) is 46.3 Å². The fourth-order valence-corrected chi connectivity index (χ4v) is 9.92. The second kappa shape index (κ2) is 7.06. The molecule has 1 spiro atoms. The minimum absolute atomic E-state index is 0.274. The third-order valence-corrected chi connectivity index (χ3v) is 11.8. The highest BCUT2D eigenvalue weighted by atomic mass is 16.7. The molecule has 0 amide bonds. The minimum Gasteiger partial charge on any atom is -0.349 e. The molecule has 1 N–H and O–H groups in total. The molecule has 0 unspecified atom stereocenters. The second-order valence-corrected chi connectivity index (χ2v) is 13.0. The van der Waals surface area contributed by atoms with E-state index in [1.54, 1.807) is 5.57 Å². The molecule has 4 aliphatic carbocycles. The van der Waals surface area contributed by atoms with Crippen LogP contribution in [0.15, 0.2) is 11.6 Å². The molecular weight excluding hydrogens is 382 g/mol. The minimum atomic E-state index is -0.274. The van der Waals surface area contributed by atoms with Gasteiger partial charge >= 0.3 is 0 Å². The van der Waals surface area contributed by atoms with Crippen LogP contribution in [0.3, 0.4) is 0 Å². The van der Waals surface area contributed by atoms with E-state index in [1.807, 2.05) is 0 Å². The van der Waals surface area contributed by atoms with E-state index in [2.05, 4.69) is 46.1 Å². The van der Waals surface area contributed by atoms with Crippen molar-refractivity contribution in [1.29, 1.82) is 0 Å². The van der Waals surface area contributed by atoms with E-state index in [-0.39, 0.29) is 5.79 Å². The molecule has 0 bridgehead atoms. The topological polar surface area (TPSA) is 30.5 Å². The summed E-state index contributed by atoms with van der Waals surface area (Å²) in [6, 6.07) is 0.694. The van der Waals surface area contributed by atoms with E-state index in [0.29, 0.717) is 40.7 Å². The van der Waals surface area contributed by atoms with E-state index in [9.17, 15) is 0 Å². The molecule has 174 valence electrons. The van der Waals surface area contributed by atoms with E-state index < -0.39 is 0 Å². The first kappa shape index (κ1) is 21.2. The zero-order valence-electron chi connectivity index (χ0n) is 20.6. The first-order valence-corrected chi connectivity index (χ1v) is 13.5. The van der Waals surface area contributed by atoms with Gasteiger partial charge in [0.25, 0.3) is 0 Å². The normalized spacial score (nSPS) is 58.3. The van der Waals surface area contributed by atoms with Gasteiger partial charge < -0.3 is 14.8 Å². The SMILES string of the molecule is CN[C@H]1CC[C@@]2(C)C(=CC[C@H]3[C@@H]4C[C@@H]5O[C@]6(CC[C@@H](C)CO6)[C@@H](C)[C@@H]5[C@@]4(C)CC[C@@H]32)C1. The van der Waals surface area contributed by atoms with Crippen LogP contribution in [0.25, 0.3) is 0 Å². The first-order valence-electron chi connectivity index (χ1n) is 13.5. The molecule has 0 aromatic rings. The van der Waals surface area contributed by atoms with Gasteiger partial charge in [0.15, 0.2) is 5.79 Å². The molecule has 11 atom stereocenters. The molecule has 0 radical (unpaired) electrons. The Hall–Kier alpha value is -0.380. The Balaban J connectivity index is 1.27. The molecule has 3 heteroatoms. The standard InChI is InChI=1S/C28H45NO2/c1-17-8-13-28(30-16-17)18(2)25-24(31-28)15-23-21-7-6-19-14-20(29-5)9-11-26(19,3)22(21)10-12-27(23,25)4/h6,17-18,20-25,29H,7-16H2,1-5H3/t17-,18+,20+,21-,22+,23+,24+,25+,26+,27+,28-/m1/s1. The fourth-order valence-electron chi connectivity index (χ4n) is 9.92. The Morgan fingerprint density at radius 2 is 1.87 bits per heavy atom. The Morgan fingerprint density at radius 3 is 2.61 bits per heavy atom. The van der Waals surface area contributed by atoms with Crippen LogP contribution in [0.4, 0.5) is 0 Å². The van der Waals surface area contributed by atoms with Crippen LogP contribution in [0.2, 0.25) is 0 Å². The molecule has 3 saturated carbocycles. The van der Waals surface area contributed by atoms with Crippen molar-refractivity contribution >= 4 is 0 Å². The molecule has 2 saturated heterocycles. The van der Waals surface area contributed by atoms with Crippen molar-refractivity contribution < 1.29 is 9.47 Å². The molecular formula is C28H45NO2. The van der Waals surface area contributed by atoms with Gasteiger partial charge in [-0.05, 0) is 98.8 Å². The third-order valence-electron chi connectivity index (χ3n) is 11.8. The highest BCUT2D eigenvalue weighted by molar-refractivity contribution is 5.26. The Morgan fingerprint density at radius 1 is 1.03 bits per heavy atom. The average molecular weight is 428 g/mol. The van der Waals surface area contributed by atoms with Crippen molar-refractivity contribution in [2.45, 2.75) is 103 Å². The number of hydrogen-bond acceptors (Lipinski definition) is 3. The number of hydrogen-bond donors (Lipinski definition) is 1. The van der Waals surface area contributed by atoms with E-state index in [4.69, 9.17) is 9.47 Å². The van der Waals surface area contributed by atoms with Gasteiger partial charge in [-0.25, -0.2) is 0 Å². The second-order valence-electron chi connectivity index (χ2n) is 13.0. The monoisotopic (exact) mass is 427 g/mol. The lowest BCUT2D eigenvalue weighted by atomic mass is 9.46. The summed E-state index contributed by atoms with van der Waals surface area (Å²) in [4.78, 5) is 0. The van der Waals surface area contributed by atoms with Gasteiger partial charge in [-0.1, -0.05) is 39.3 Å². The van der Waals surface area contributed by atoms with Crippen molar-refractivity contribution in [3.8, 4) is 0 Å². The lowest BCUT2D eigenvalue weighted by molar-refractivity contribution is -0.272. The van der Waals surface area contributed by atoms with Crippen molar-refractivity contribution in [2.24, 2.45) is 46.3 Å². The first-order chi connectivity index (χ1) is 14.8. The maximum absolute atomic E-state index is 6.93. The van der Waals surface area contributed by atoms with Crippen LogP contribution < -0.4 is 5.32 Å². The number of ether oxygens (including phenoxy) is 2. The summed E-state index contributed by atoms with van der Waals surface area (Å²) in [5.74, 6) is 4.21. The summed E-state index contributed by atoms with van der Waals surface area (Å²) in [5.41, 5.74) is 2.67. The van der Waals surface area contributed by atoms with Crippen LogP contribution in [-0.4, -0.2) is 31.6 Å². The van der Waals surface area contributed by atoms with Crippen LogP contribution in [0.1, 0.15) is 85.5 Å². The van der Waals surface area contributed by atoms with Crippen molar-refractivity contribution in [1.82, 2.24) is 5.32 Å². The molecule has 6 rings (SSSR count). The Bertz CT molecular complexity index is 754. The number of allylic oxidation sites excluding steroid dienone is 1. The summed E-state index contributed by atoms with van der Waals surface area (Å²) >= 11 is 0. The summed E-state index contributed by atoms with van der Waals surface area (Å²) in [6.07, 6.45) is 14.9. The molecule has 5 fully saturated rings. The highest BCUT2D eigenvalue weighted by Crippen LogP contribution is 2.70. The zero-order chi connectivity index (χ0) is 21.6. The predicted octanol–water partition coefficient (Wildman–Crippen LogP) is 5.94. The molecule has 31 heavy (non-hydrogen) atoms. The van der Waals surface area contributed by atoms with Gasteiger partial charge in [-0.2, -0.15) is 0 Å². The number of fused-ring (bicyclic) bond motifs is 7. The van der Waals surface area contributed by atoms with Gasteiger partial charge in [0, 0.05) is 18.4 Å². The van der Waals surface area contributed by atoms with Gasteiger partial charge in [-0.3, -0.25) is 0 Å². The van der Waals surface area contributed by atoms with Gasteiger partial charge in [0.05, 0.1) is 12.7 Å². The lowest BCUT2D eigenvalue weighted by Crippen LogP contribution is -2.53. The summed E-state index contributed by atoms with van der Waals surface area (Å²) < 4.78 is 13.4. The van der Waals surface area contributed by atoms with Crippen molar-refractivity contribution in [3.63, 3.8) is 0 Å². The lowest BCUT2D eigenvalue weighted by Gasteiger charge is -2.58. The summed E-state index contributed by atoms with van der Waals surface area (Å²) in [6.45, 7) is 11.0. The maximum atomic E-state index is 6.93. The van der Waals surface area contributed by atoms with E-state index >= 15 is 0 Å². The summed E-state index contributed by atoms with van der Waals surface area (Å²) in [5, 5.41) is 3.56. The van der Waals surface area contributed by atoms with Crippen LogP contribution in [-0.2, 0) is 9.47 Å². The third kappa shape index (κ3) is 2.81. The number of rotatable bonds is 1. The van der Waals surface area contributed by atoms with Gasteiger partial charge in [0.1, 0.15) is 0 Å². The smallest absolute Gasteiger partial charge is 0.171 e. The average Bonchev–Trinajstić information content (AvgIpc) is 3.20. The van der Waals surface area contributed by atoms with Gasteiger partial charge in [0.2, 0.25) is 0 Å². The van der Waals surface area contributed by atoms with E-state index in [0.717, 1.165) is 30.8 Å². The quantitative estimate of drug-likeness (QED) is 0.525. The Labute approximate surface area is 190 Å². The Kier molecular flexibility index (Phi) is 4.82. The molecule has 0 aromatic carbocycles.